The number of primary amides is 1. The Morgan fingerprint density at radius 1 is 1.27 bits per heavy atom. The number of imide groups is 1. The number of benzene rings is 2. The maximum atomic E-state index is 13.1. The normalized spacial score (nSPS) is 15.0. The third-order valence-electron chi connectivity index (χ3n) is 4.04. The lowest BCUT2D eigenvalue weighted by molar-refractivity contribution is -0.123. The lowest BCUT2D eigenvalue weighted by atomic mass is 10.1. The van der Waals surface area contributed by atoms with Crippen molar-refractivity contribution in [1.82, 2.24) is 4.90 Å². The van der Waals surface area contributed by atoms with Gasteiger partial charge in [-0.3, -0.25) is 19.3 Å². The van der Waals surface area contributed by atoms with Gasteiger partial charge in [0.15, 0.2) is 18.1 Å². The van der Waals surface area contributed by atoms with Crippen LogP contribution in [0.4, 0.5) is 9.18 Å². The average Bonchev–Trinajstić information content (AvgIpc) is 2.95. The zero-order valence-corrected chi connectivity index (χ0v) is 17.3. The van der Waals surface area contributed by atoms with Crippen molar-refractivity contribution in [2.24, 2.45) is 5.73 Å². The van der Waals surface area contributed by atoms with E-state index in [0.717, 1.165) is 16.7 Å². The zero-order valence-electron chi connectivity index (χ0n) is 15.7. The molecule has 0 unspecified atom stereocenters. The van der Waals surface area contributed by atoms with Gasteiger partial charge < -0.3 is 15.2 Å². The summed E-state index contributed by atoms with van der Waals surface area (Å²) >= 11 is 6.99. The first-order chi connectivity index (χ1) is 14.3. The van der Waals surface area contributed by atoms with Gasteiger partial charge >= 0.3 is 0 Å². The molecule has 1 aliphatic heterocycles. The highest BCUT2D eigenvalue weighted by molar-refractivity contribution is 8.18. The van der Waals surface area contributed by atoms with E-state index in [9.17, 15) is 18.8 Å². The summed E-state index contributed by atoms with van der Waals surface area (Å²) in [5, 5.41) is -0.289. The van der Waals surface area contributed by atoms with Crippen LogP contribution in [0.1, 0.15) is 11.1 Å². The summed E-state index contributed by atoms with van der Waals surface area (Å²) in [4.78, 5) is 37.2. The smallest absolute Gasteiger partial charge is 0.293 e. The van der Waals surface area contributed by atoms with Gasteiger partial charge in [0, 0.05) is 0 Å². The molecule has 0 bridgehead atoms. The van der Waals surface area contributed by atoms with Crippen LogP contribution in [0.25, 0.3) is 6.08 Å². The molecule has 1 aliphatic rings. The second kappa shape index (κ2) is 9.19. The predicted octanol–water partition coefficient (Wildman–Crippen LogP) is 3.59. The SMILES string of the molecule is COc1cc(/C=C2\SC(=O)N(Cc3ccc(F)cc3)C2=O)cc(Cl)c1OCC(N)=O. The van der Waals surface area contributed by atoms with E-state index in [1.807, 2.05) is 0 Å². The van der Waals surface area contributed by atoms with E-state index in [4.69, 9.17) is 26.8 Å². The summed E-state index contributed by atoms with van der Waals surface area (Å²) in [6.45, 7) is -0.343. The van der Waals surface area contributed by atoms with Crippen LogP contribution in [0, 0.1) is 5.82 Å². The molecule has 3 amide bonds. The summed E-state index contributed by atoms with van der Waals surface area (Å²) < 4.78 is 23.5. The third kappa shape index (κ3) is 4.92. The summed E-state index contributed by atoms with van der Waals surface area (Å²) in [5.41, 5.74) is 6.19. The maximum absolute atomic E-state index is 13.1. The number of nitrogens with two attached hydrogens (primary N) is 1. The van der Waals surface area contributed by atoms with Crippen LogP contribution in [0.5, 0.6) is 11.5 Å². The van der Waals surface area contributed by atoms with Crippen LogP contribution in [-0.2, 0) is 16.1 Å². The Bertz CT molecular complexity index is 1040. The number of ether oxygens (including phenoxy) is 2. The molecule has 3 rings (SSSR count). The second-order valence-electron chi connectivity index (χ2n) is 6.18. The van der Waals surface area contributed by atoms with Gasteiger partial charge in [-0.2, -0.15) is 0 Å². The van der Waals surface area contributed by atoms with E-state index in [1.165, 1.54) is 43.5 Å². The quantitative estimate of drug-likeness (QED) is 0.647. The highest BCUT2D eigenvalue weighted by Crippen LogP contribution is 2.39. The Kier molecular flexibility index (Phi) is 6.63. The number of carbonyl (C=O) groups excluding carboxylic acids is 3. The fraction of sp³-hybridized carbons (Fsp3) is 0.150. The van der Waals surface area contributed by atoms with Gasteiger partial charge in [-0.25, -0.2) is 4.39 Å². The van der Waals surface area contributed by atoms with Gasteiger partial charge in [0.1, 0.15) is 5.82 Å². The Morgan fingerprint density at radius 3 is 2.60 bits per heavy atom. The number of halogens is 2. The summed E-state index contributed by atoms with van der Waals surface area (Å²) in [6.07, 6.45) is 1.50. The van der Waals surface area contributed by atoms with Crippen LogP contribution in [-0.4, -0.2) is 35.7 Å². The summed E-state index contributed by atoms with van der Waals surface area (Å²) in [5.74, 6) is -1.17. The molecule has 0 saturated carbocycles. The number of methoxy groups -OCH3 is 1. The molecule has 2 aromatic carbocycles. The molecule has 2 N–H and O–H groups in total. The topological polar surface area (TPSA) is 98.9 Å². The van der Waals surface area contributed by atoms with Gasteiger partial charge in [-0.15, -0.1) is 0 Å². The number of rotatable bonds is 7. The number of hydrogen-bond acceptors (Lipinski definition) is 6. The van der Waals surface area contributed by atoms with Crippen molar-refractivity contribution in [3.63, 3.8) is 0 Å². The Morgan fingerprint density at radius 2 is 1.97 bits per heavy atom. The second-order valence-corrected chi connectivity index (χ2v) is 7.58. The van der Waals surface area contributed by atoms with E-state index in [0.29, 0.717) is 11.1 Å². The minimum atomic E-state index is -0.674. The van der Waals surface area contributed by atoms with E-state index in [2.05, 4.69) is 0 Å². The van der Waals surface area contributed by atoms with Gasteiger partial charge in [-0.05, 0) is 53.2 Å². The molecule has 7 nitrogen and oxygen atoms in total. The van der Waals surface area contributed by atoms with Crippen LogP contribution in [0.15, 0.2) is 41.3 Å². The van der Waals surface area contributed by atoms with E-state index >= 15 is 0 Å². The van der Waals surface area contributed by atoms with Gasteiger partial charge in [0.25, 0.3) is 17.1 Å². The highest BCUT2D eigenvalue weighted by atomic mass is 35.5. The highest BCUT2D eigenvalue weighted by Gasteiger charge is 2.35. The fourth-order valence-corrected chi connectivity index (χ4v) is 3.78. The van der Waals surface area contributed by atoms with Gasteiger partial charge in [-0.1, -0.05) is 23.7 Å². The molecule has 1 saturated heterocycles. The molecule has 156 valence electrons. The Hall–Kier alpha value is -3.04. The molecule has 2 aromatic rings. The zero-order chi connectivity index (χ0) is 21.8. The summed E-state index contributed by atoms with van der Waals surface area (Å²) in [6, 6.07) is 8.61. The lowest BCUT2D eigenvalue weighted by Crippen LogP contribution is -2.27. The summed E-state index contributed by atoms with van der Waals surface area (Å²) in [7, 11) is 1.39. The Labute approximate surface area is 180 Å². The molecule has 0 atom stereocenters. The molecule has 0 radical (unpaired) electrons. The maximum Gasteiger partial charge on any atom is 0.293 e. The third-order valence-corrected chi connectivity index (χ3v) is 5.22. The van der Waals surface area contributed by atoms with Crippen molar-refractivity contribution in [3.8, 4) is 11.5 Å². The monoisotopic (exact) mass is 450 g/mol. The van der Waals surface area contributed by atoms with Gasteiger partial charge in [0.05, 0.1) is 23.6 Å². The Balaban J connectivity index is 1.83. The first kappa shape index (κ1) is 21.7. The van der Waals surface area contributed by atoms with Crippen LogP contribution in [0.3, 0.4) is 0 Å². The fourth-order valence-electron chi connectivity index (χ4n) is 2.67. The largest absolute Gasteiger partial charge is 0.493 e. The number of thioether (sulfide) groups is 1. The van der Waals surface area contributed by atoms with Crippen molar-refractivity contribution in [1.29, 1.82) is 0 Å². The van der Waals surface area contributed by atoms with Crippen LogP contribution in [0.2, 0.25) is 5.02 Å². The molecule has 0 spiro atoms. The van der Waals surface area contributed by atoms with Crippen molar-refractivity contribution >= 4 is 46.5 Å². The van der Waals surface area contributed by atoms with E-state index in [1.54, 1.807) is 6.07 Å². The minimum Gasteiger partial charge on any atom is -0.493 e. The number of carbonyl (C=O) groups is 3. The molecule has 10 heteroatoms. The number of nitrogens with zero attached hydrogens (tertiary/aromatic N) is 1. The molecule has 0 aromatic heterocycles. The predicted molar refractivity (Wildman–Crippen MR) is 111 cm³/mol. The van der Waals surface area contributed by atoms with Crippen molar-refractivity contribution < 1.29 is 28.2 Å². The minimum absolute atomic E-state index is 0.0340. The standard InChI is InChI=1S/C20H16ClFN2O5S/c1-28-15-7-12(6-14(21)18(15)29-10-17(23)25)8-16-19(26)24(20(27)30-16)9-11-2-4-13(22)5-3-11/h2-8H,9-10H2,1H3,(H2,23,25)/b16-8-. The first-order valence-electron chi connectivity index (χ1n) is 8.57. The van der Waals surface area contributed by atoms with Crippen molar-refractivity contribution in [2.45, 2.75) is 6.54 Å². The molecule has 1 fully saturated rings. The molecular weight excluding hydrogens is 435 g/mol. The van der Waals surface area contributed by atoms with Crippen LogP contribution >= 0.6 is 23.4 Å². The molecule has 30 heavy (non-hydrogen) atoms. The van der Waals surface area contributed by atoms with Gasteiger partial charge in [0.2, 0.25) is 0 Å². The number of hydrogen-bond donors (Lipinski definition) is 1. The number of amides is 3. The average molecular weight is 451 g/mol. The molecule has 1 heterocycles. The van der Waals surface area contributed by atoms with E-state index in [-0.39, 0.29) is 34.6 Å². The van der Waals surface area contributed by atoms with Crippen molar-refractivity contribution in [3.05, 3.63) is 63.3 Å². The van der Waals surface area contributed by atoms with E-state index < -0.39 is 22.9 Å². The van der Waals surface area contributed by atoms with Crippen LogP contribution < -0.4 is 15.2 Å². The first-order valence-corrected chi connectivity index (χ1v) is 9.76. The van der Waals surface area contributed by atoms with Crippen molar-refractivity contribution in [2.75, 3.05) is 13.7 Å². The lowest BCUT2D eigenvalue weighted by Gasteiger charge is -2.13. The molecular formula is C20H16ClFN2O5S. The molecule has 0 aliphatic carbocycles.